The number of amides is 2. The molecule has 1 heterocycles. The fourth-order valence-electron chi connectivity index (χ4n) is 4.43. The number of benzene rings is 3. The minimum absolute atomic E-state index is 0.171. The molecule has 0 aromatic heterocycles. The van der Waals surface area contributed by atoms with E-state index in [1.165, 1.54) is 7.11 Å². The maximum atomic E-state index is 12.5. The number of nitrogens with zero attached hydrogens (tertiary/aromatic N) is 1. The Morgan fingerprint density at radius 3 is 2.61 bits per heavy atom. The number of hydrazone groups is 1. The quantitative estimate of drug-likeness (QED) is 0.0516. The first-order valence-electron chi connectivity index (χ1n) is 13.8. The molecule has 0 bridgehead atoms. The molecule has 0 saturated carbocycles. The third-order valence-electron chi connectivity index (χ3n) is 6.52. The fourth-order valence-corrected chi connectivity index (χ4v) is 6.94. The molecular weight excluding hydrogens is 865 g/mol. The van der Waals surface area contributed by atoms with Crippen LogP contribution in [0.1, 0.15) is 36.6 Å². The van der Waals surface area contributed by atoms with Gasteiger partial charge in [-0.15, -0.1) is 0 Å². The number of rotatable bonds is 13. The van der Waals surface area contributed by atoms with Gasteiger partial charge in [-0.05, 0) is 101 Å². The van der Waals surface area contributed by atoms with E-state index < -0.39 is 24.3 Å². The number of hydrogen-bond donors (Lipinski definition) is 4. The van der Waals surface area contributed by atoms with Gasteiger partial charge in [0, 0.05) is 30.4 Å². The summed E-state index contributed by atoms with van der Waals surface area (Å²) in [5.74, 6) is 0.740. The van der Waals surface area contributed by atoms with Crippen molar-refractivity contribution in [3.05, 3.63) is 93.7 Å². The highest BCUT2D eigenvalue weighted by Gasteiger charge is 2.32. The first kappa shape index (κ1) is 35.9. The number of esters is 1. The Labute approximate surface area is 303 Å². The largest absolute Gasteiger partial charge is 0.490 e. The molecule has 11 nitrogen and oxygen atoms in total. The van der Waals surface area contributed by atoms with Crippen molar-refractivity contribution in [1.82, 2.24) is 16.1 Å². The summed E-state index contributed by atoms with van der Waals surface area (Å²) in [6, 6.07) is 12.9. The molecule has 4 rings (SSSR count). The van der Waals surface area contributed by atoms with Crippen LogP contribution in [0.5, 0.6) is 17.2 Å². The molecule has 1 aliphatic heterocycles. The zero-order chi connectivity index (χ0) is 33.4. The minimum atomic E-state index is -1.18. The second kappa shape index (κ2) is 16.7. The highest BCUT2D eigenvalue weighted by Crippen LogP contribution is 2.35. The zero-order valence-corrected chi connectivity index (χ0v) is 30.7. The van der Waals surface area contributed by atoms with Crippen LogP contribution in [0.3, 0.4) is 0 Å². The lowest BCUT2D eigenvalue weighted by molar-refractivity contribution is -0.136. The van der Waals surface area contributed by atoms with Crippen molar-refractivity contribution in [2.45, 2.75) is 32.7 Å². The van der Waals surface area contributed by atoms with Crippen molar-refractivity contribution in [1.29, 1.82) is 0 Å². The summed E-state index contributed by atoms with van der Waals surface area (Å²) < 4.78 is 24.5. The number of allylic oxidation sites excluding steroid dienone is 1. The summed E-state index contributed by atoms with van der Waals surface area (Å²) in [5, 5.41) is 21.2. The molecule has 2 atom stereocenters. The van der Waals surface area contributed by atoms with Crippen LogP contribution >= 0.6 is 68.4 Å². The number of halogens is 4. The molecule has 0 saturated heterocycles. The van der Waals surface area contributed by atoms with Crippen molar-refractivity contribution in [2.75, 3.05) is 20.3 Å². The lowest BCUT2D eigenvalue weighted by Crippen LogP contribution is -2.45. The number of aliphatic hydroxyl groups excluding tert-OH is 1. The molecule has 1 aliphatic rings. The average Bonchev–Trinajstić information content (AvgIpc) is 3.00. The predicted octanol–water partition coefficient (Wildman–Crippen LogP) is 6.30. The maximum Gasteiger partial charge on any atom is 0.337 e. The molecule has 3 aromatic carbocycles. The van der Waals surface area contributed by atoms with Gasteiger partial charge in [-0.3, -0.25) is 5.43 Å². The van der Waals surface area contributed by atoms with E-state index in [0.29, 0.717) is 50.7 Å². The molecule has 0 unspecified atom stereocenters. The van der Waals surface area contributed by atoms with E-state index in [2.05, 4.69) is 66.3 Å². The third kappa shape index (κ3) is 9.30. The molecule has 0 aliphatic carbocycles. The Hall–Kier alpha value is -2.99. The van der Waals surface area contributed by atoms with E-state index in [0.717, 1.165) is 12.7 Å². The van der Waals surface area contributed by atoms with Crippen molar-refractivity contribution in [3.63, 3.8) is 0 Å². The number of carbonyl (C=O) groups is 2. The first-order valence-corrected chi connectivity index (χ1v) is 16.7. The van der Waals surface area contributed by atoms with Crippen LogP contribution in [0, 0.1) is 7.14 Å². The summed E-state index contributed by atoms with van der Waals surface area (Å²) in [5.41, 5.74) is 5.36. The smallest absolute Gasteiger partial charge is 0.337 e. The van der Waals surface area contributed by atoms with E-state index in [1.54, 1.807) is 43.5 Å². The lowest BCUT2D eigenvalue weighted by atomic mass is 9.95. The second-order valence-corrected chi connectivity index (χ2v) is 13.0. The van der Waals surface area contributed by atoms with Gasteiger partial charge in [-0.2, -0.15) is 5.10 Å². The van der Waals surface area contributed by atoms with E-state index >= 15 is 0 Å². The van der Waals surface area contributed by atoms with Gasteiger partial charge in [0.15, 0.2) is 17.7 Å². The number of hydrogen-bond acceptors (Lipinski definition) is 9. The molecular formula is C31H30Cl2I2N4O7. The van der Waals surface area contributed by atoms with Crippen molar-refractivity contribution in [2.24, 2.45) is 5.10 Å². The monoisotopic (exact) mass is 894 g/mol. The standard InChI is InChI=1S/C31H30Cl2I2N4O7/c1-4-44-25-10-17(28-27(30(41)43-3)16(2)37-31(42)38-28)6-8-24(25)45-15-26(40)39-36-13-19-9-21(34)12-23(35)29(19)46-14-18-5-7-20(32)11-22(18)33/h5-13,26,28,39-40H,4,14-15H2,1-3H3,(H2,37,38,42)/b36-13+/t26-,28+/m1/s1. The van der Waals surface area contributed by atoms with E-state index in [9.17, 15) is 14.7 Å². The molecule has 0 radical (unpaired) electrons. The van der Waals surface area contributed by atoms with Crippen molar-refractivity contribution < 1.29 is 33.6 Å². The van der Waals surface area contributed by atoms with Crippen LogP contribution in [0.15, 0.2) is 64.9 Å². The van der Waals surface area contributed by atoms with Crippen LogP contribution in [-0.2, 0) is 16.1 Å². The number of aliphatic hydroxyl groups is 1. The zero-order valence-electron chi connectivity index (χ0n) is 24.8. The van der Waals surface area contributed by atoms with Gasteiger partial charge in [0.1, 0.15) is 19.0 Å². The lowest BCUT2D eigenvalue weighted by Gasteiger charge is -2.28. The summed E-state index contributed by atoms with van der Waals surface area (Å²) in [4.78, 5) is 24.7. The molecule has 0 spiro atoms. The highest BCUT2D eigenvalue weighted by atomic mass is 127. The normalized spacial score (nSPS) is 15.2. The van der Waals surface area contributed by atoms with Gasteiger partial charge in [-0.1, -0.05) is 35.3 Å². The summed E-state index contributed by atoms with van der Waals surface area (Å²) in [6.45, 7) is 3.81. The number of ether oxygens (including phenoxy) is 4. The van der Waals surface area contributed by atoms with Crippen molar-refractivity contribution in [3.8, 4) is 17.2 Å². The Bertz CT molecular complexity index is 1670. The van der Waals surface area contributed by atoms with Crippen LogP contribution in [0.25, 0.3) is 0 Å². The van der Waals surface area contributed by atoms with E-state index in [-0.39, 0.29) is 18.8 Å². The van der Waals surface area contributed by atoms with Gasteiger partial charge < -0.3 is 34.7 Å². The number of methoxy groups -OCH3 is 1. The van der Waals surface area contributed by atoms with Gasteiger partial charge in [0.2, 0.25) is 0 Å². The van der Waals surface area contributed by atoms with Gasteiger partial charge >= 0.3 is 12.0 Å². The summed E-state index contributed by atoms with van der Waals surface area (Å²) in [7, 11) is 1.27. The third-order valence-corrected chi connectivity index (χ3v) is 8.53. The topological polar surface area (TPSA) is 140 Å². The highest BCUT2D eigenvalue weighted by molar-refractivity contribution is 14.1. The number of urea groups is 1. The fraction of sp³-hybridized carbons (Fsp3) is 0.258. The van der Waals surface area contributed by atoms with Crippen LogP contribution in [0.4, 0.5) is 4.79 Å². The molecule has 0 fully saturated rings. The number of nitrogens with one attached hydrogen (secondary N) is 3. The molecule has 2 amide bonds. The Morgan fingerprint density at radius 2 is 1.89 bits per heavy atom. The van der Waals surface area contributed by atoms with Gasteiger partial charge in [0.05, 0.1) is 35.1 Å². The molecule has 15 heteroatoms. The molecule has 3 aromatic rings. The minimum Gasteiger partial charge on any atom is -0.490 e. The van der Waals surface area contributed by atoms with Crippen LogP contribution in [0.2, 0.25) is 10.0 Å². The first-order chi connectivity index (χ1) is 22.0. The molecule has 244 valence electrons. The SMILES string of the molecule is CCOc1cc([C@@H]2NC(=O)NC(C)=C2C(=O)OC)ccc1OC[C@@H](O)N/N=C/c1cc(I)cc(I)c1OCc1ccc(Cl)cc1Cl. The molecule has 4 N–H and O–H groups in total. The number of carbonyl (C=O) groups excluding carboxylic acids is 2. The summed E-state index contributed by atoms with van der Waals surface area (Å²) >= 11 is 16.7. The van der Waals surface area contributed by atoms with Crippen LogP contribution in [-0.4, -0.2) is 49.9 Å². The van der Waals surface area contributed by atoms with Crippen LogP contribution < -0.4 is 30.3 Å². The maximum absolute atomic E-state index is 12.5. The van der Waals surface area contributed by atoms with Gasteiger partial charge in [0.25, 0.3) is 0 Å². The summed E-state index contributed by atoms with van der Waals surface area (Å²) in [6.07, 6.45) is 0.374. The van der Waals surface area contributed by atoms with Crippen molar-refractivity contribution >= 4 is 86.6 Å². The Morgan fingerprint density at radius 1 is 1.11 bits per heavy atom. The molecule has 46 heavy (non-hydrogen) atoms. The second-order valence-electron chi connectivity index (χ2n) is 9.75. The predicted molar refractivity (Wildman–Crippen MR) is 192 cm³/mol. The van der Waals surface area contributed by atoms with E-state index in [1.807, 2.05) is 25.1 Å². The Kier molecular flexibility index (Phi) is 13.0. The average molecular weight is 895 g/mol. The van der Waals surface area contributed by atoms with E-state index in [4.69, 9.17) is 42.1 Å². The van der Waals surface area contributed by atoms with Gasteiger partial charge in [-0.25, -0.2) is 9.59 Å². The Balaban J connectivity index is 1.43.